The Labute approximate surface area is 120 Å². The molecule has 0 aliphatic heterocycles. The van der Waals surface area contributed by atoms with Crippen molar-refractivity contribution in [2.24, 2.45) is 0 Å². The first kappa shape index (κ1) is 14.5. The molecule has 2 aromatic rings. The second-order valence-corrected chi connectivity index (χ2v) is 5.81. The first-order valence-corrected chi connectivity index (χ1v) is 7.92. The highest BCUT2D eigenvalue weighted by Gasteiger charge is 2.02. The molecule has 0 fully saturated rings. The maximum atomic E-state index is 5.73. The highest BCUT2D eigenvalue weighted by Crippen LogP contribution is 2.25. The first-order valence-electron chi connectivity index (χ1n) is 7.11. The standard InChI is InChI=1S/C16H23NOS/c1-3-17(4-2)10-12-18-11-9-15-13-14-7-5-6-8-16(14)19-15/h5-8,13H,3-4,9-12H2,1-2H3. The third-order valence-electron chi connectivity index (χ3n) is 3.42. The number of thiophene rings is 1. The van der Waals surface area contributed by atoms with Crippen LogP contribution in [0.5, 0.6) is 0 Å². The second kappa shape index (κ2) is 7.63. The number of hydrogen-bond acceptors (Lipinski definition) is 3. The lowest BCUT2D eigenvalue weighted by Gasteiger charge is -2.17. The van der Waals surface area contributed by atoms with Crippen LogP contribution < -0.4 is 0 Å². The number of rotatable bonds is 8. The average molecular weight is 277 g/mol. The van der Waals surface area contributed by atoms with E-state index >= 15 is 0 Å². The molecule has 1 aromatic carbocycles. The topological polar surface area (TPSA) is 12.5 Å². The summed E-state index contributed by atoms with van der Waals surface area (Å²) in [5.74, 6) is 0. The molecule has 1 heterocycles. The normalized spacial score (nSPS) is 11.5. The minimum absolute atomic E-state index is 0.827. The van der Waals surface area contributed by atoms with E-state index in [1.54, 1.807) is 0 Å². The zero-order chi connectivity index (χ0) is 13.5. The van der Waals surface area contributed by atoms with Crippen molar-refractivity contribution in [1.82, 2.24) is 4.90 Å². The van der Waals surface area contributed by atoms with Crippen LogP contribution >= 0.6 is 11.3 Å². The predicted octanol–water partition coefficient (Wildman–Crippen LogP) is 3.80. The van der Waals surface area contributed by atoms with Gasteiger partial charge in [0.05, 0.1) is 13.2 Å². The number of hydrogen-bond donors (Lipinski definition) is 0. The first-order chi connectivity index (χ1) is 9.33. The lowest BCUT2D eigenvalue weighted by atomic mass is 10.2. The highest BCUT2D eigenvalue weighted by molar-refractivity contribution is 7.19. The molecule has 0 saturated heterocycles. The summed E-state index contributed by atoms with van der Waals surface area (Å²) < 4.78 is 7.11. The lowest BCUT2D eigenvalue weighted by molar-refractivity contribution is 0.110. The summed E-state index contributed by atoms with van der Waals surface area (Å²) in [6.45, 7) is 9.31. The van der Waals surface area contributed by atoms with E-state index in [0.717, 1.165) is 39.3 Å². The molecule has 0 amide bonds. The van der Waals surface area contributed by atoms with Gasteiger partial charge in [-0.1, -0.05) is 32.0 Å². The SMILES string of the molecule is CCN(CC)CCOCCc1cc2ccccc2s1. The molecule has 1 aromatic heterocycles. The van der Waals surface area contributed by atoms with E-state index in [0.29, 0.717) is 0 Å². The molecule has 0 spiro atoms. The monoisotopic (exact) mass is 277 g/mol. The Hall–Kier alpha value is -0.900. The van der Waals surface area contributed by atoms with Crippen molar-refractivity contribution in [1.29, 1.82) is 0 Å². The van der Waals surface area contributed by atoms with Gasteiger partial charge in [0.1, 0.15) is 0 Å². The molecule has 0 bridgehead atoms. The fourth-order valence-corrected chi connectivity index (χ4v) is 3.21. The van der Waals surface area contributed by atoms with Crippen molar-refractivity contribution in [2.45, 2.75) is 20.3 Å². The number of ether oxygens (including phenoxy) is 1. The van der Waals surface area contributed by atoms with Crippen molar-refractivity contribution in [3.05, 3.63) is 35.2 Å². The van der Waals surface area contributed by atoms with Crippen molar-refractivity contribution < 1.29 is 4.74 Å². The maximum absolute atomic E-state index is 5.73. The lowest BCUT2D eigenvalue weighted by Crippen LogP contribution is -2.27. The summed E-state index contributed by atoms with van der Waals surface area (Å²) in [4.78, 5) is 3.81. The molecular weight excluding hydrogens is 254 g/mol. The Morgan fingerprint density at radius 1 is 1.11 bits per heavy atom. The Morgan fingerprint density at radius 2 is 1.89 bits per heavy atom. The van der Waals surface area contributed by atoms with E-state index in [-0.39, 0.29) is 0 Å². The van der Waals surface area contributed by atoms with Crippen LogP contribution in [-0.4, -0.2) is 37.7 Å². The van der Waals surface area contributed by atoms with Crippen molar-refractivity contribution in [2.75, 3.05) is 32.8 Å². The average Bonchev–Trinajstić information content (AvgIpc) is 2.85. The Kier molecular flexibility index (Phi) is 5.83. The largest absolute Gasteiger partial charge is 0.380 e. The molecule has 2 rings (SSSR count). The van der Waals surface area contributed by atoms with Crippen LogP contribution in [0.3, 0.4) is 0 Å². The molecule has 3 heteroatoms. The Morgan fingerprint density at radius 3 is 2.63 bits per heavy atom. The summed E-state index contributed by atoms with van der Waals surface area (Å²) in [7, 11) is 0. The minimum Gasteiger partial charge on any atom is -0.380 e. The van der Waals surface area contributed by atoms with Gasteiger partial charge in [-0.3, -0.25) is 0 Å². The molecule has 0 saturated carbocycles. The van der Waals surface area contributed by atoms with Crippen LogP contribution in [0, 0.1) is 0 Å². The minimum atomic E-state index is 0.827. The fraction of sp³-hybridized carbons (Fsp3) is 0.500. The molecular formula is C16H23NOS. The van der Waals surface area contributed by atoms with Crippen LogP contribution in [0.4, 0.5) is 0 Å². The summed E-state index contributed by atoms with van der Waals surface area (Å²) >= 11 is 1.88. The molecule has 0 unspecified atom stereocenters. The second-order valence-electron chi connectivity index (χ2n) is 4.64. The summed E-state index contributed by atoms with van der Waals surface area (Å²) in [5.41, 5.74) is 0. The summed E-state index contributed by atoms with van der Waals surface area (Å²) in [6, 6.07) is 10.8. The zero-order valence-electron chi connectivity index (χ0n) is 11.9. The molecule has 0 N–H and O–H groups in total. The van der Waals surface area contributed by atoms with E-state index in [2.05, 4.69) is 49.1 Å². The van der Waals surface area contributed by atoms with Crippen molar-refractivity contribution >= 4 is 21.4 Å². The third-order valence-corrected chi connectivity index (χ3v) is 4.59. The molecule has 104 valence electrons. The van der Waals surface area contributed by atoms with Gasteiger partial charge in [-0.05, 0) is 30.6 Å². The van der Waals surface area contributed by atoms with Crippen LogP contribution in [0.25, 0.3) is 10.1 Å². The smallest absolute Gasteiger partial charge is 0.0593 e. The molecule has 2 nitrogen and oxygen atoms in total. The number of nitrogens with zero attached hydrogens (tertiary/aromatic N) is 1. The van der Waals surface area contributed by atoms with Crippen LogP contribution in [-0.2, 0) is 11.2 Å². The molecule has 0 atom stereocenters. The van der Waals surface area contributed by atoms with Gasteiger partial charge in [0.15, 0.2) is 0 Å². The van der Waals surface area contributed by atoms with Gasteiger partial charge in [0.25, 0.3) is 0 Å². The Balaban J connectivity index is 1.71. The maximum Gasteiger partial charge on any atom is 0.0593 e. The molecule has 0 aliphatic carbocycles. The summed E-state index contributed by atoms with van der Waals surface area (Å²) in [5, 5.41) is 1.35. The van der Waals surface area contributed by atoms with Gasteiger partial charge in [-0.2, -0.15) is 0 Å². The highest BCUT2D eigenvalue weighted by atomic mass is 32.1. The number of fused-ring (bicyclic) bond motifs is 1. The van der Waals surface area contributed by atoms with Gasteiger partial charge in [-0.25, -0.2) is 0 Å². The van der Waals surface area contributed by atoms with E-state index in [9.17, 15) is 0 Å². The molecule has 0 aliphatic rings. The van der Waals surface area contributed by atoms with E-state index in [4.69, 9.17) is 4.74 Å². The molecule has 19 heavy (non-hydrogen) atoms. The Bertz CT molecular complexity index is 457. The van der Waals surface area contributed by atoms with Gasteiger partial charge in [-0.15, -0.1) is 11.3 Å². The van der Waals surface area contributed by atoms with Crippen molar-refractivity contribution in [3.8, 4) is 0 Å². The quantitative estimate of drug-likeness (QED) is 0.680. The van der Waals surface area contributed by atoms with Gasteiger partial charge in [0, 0.05) is 22.5 Å². The zero-order valence-corrected chi connectivity index (χ0v) is 12.7. The van der Waals surface area contributed by atoms with E-state index in [1.807, 2.05) is 11.3 Å². The van der Waals surface area contributed by atoms with Crippen molar-refractivity contribution in [3.63, 3.8) is 0 Å². The van der Waals surface area contributed by atoms with Gasteiger partial charge in [0.2, 0.25) is 0 Å². The van der Waals surface area contributed by atoms with Crippen LogP contribution in [0.2, 0.25) is 0 Å². The van der Waals surface area contributed by atoms with E-state index < -0.39 is 0 Å². The molecule has 0 radical (unpaired) electrons. The number of benzene rings is 1. The van der Waals surface area contributed by atoms with Crippen LogP contribution in [0.1, 0.15) is 18.7 Å². The third kappa shape index (κ3) is 4.30. The van der Waals surface area contributed by atoms with Gasteiger partial charge < -0.3 is 9.64 Å². The predicted molar refractivity (Wildman–Crippen MR) is 84.1 cm³/mol. The van der Waals surface area contributed by atoms with Gasteiger partial charge >= 0.3 is 0 Å². The number of likely N-dealkylation sites (N-methyl/N-ethyl adjacent to an activating group) is 1. The summed E-state index contributed by atoms with van der Waals surface area (Å²) in [6.07, 6.45) is 1.03. The van der Waals surface area contributed by atoms with E-state index in [1.165, 1.54) is 15.0 Å². The fourth-order valence-electron chi connectivity index (χ4n) is 2.17. The van der Waals surface area contributed by atoms with Crippen LogP contribution in [0.15, 0.2) is 30.3 Å².